The number of nitrogens with two attached hydrogens (primary N) is 1. The van der Waals surface area contributed by atoms with Gasteiger partial charge in [-0.05, 0) is 17.7 Å². The first-order valence-electron chi connectivity index (χ1n) is 5.22. The molecule has 0 spiro atoms. The molecule has 1 heterocycles. The largest absolute Gasteiger partial charge is 0.486 e. The van der Waals surface area contributed by atoms with Crippen molar-refractivity contribution in [2.24, 2.45) is 10.9 Å². The van der Waals surface area contributed by atoms with Gasteiger partial charge < -0.3 is 15.7 Å². The number of amidine groups is 1. The quantitative estimate of drug-likeness (QED) is 0.380. The monoisotopic (exact) mass is 270 g/mol. The molecule has 1 aromatic rings. The van der Waals surface area contributed by atoms with Gasteiger partial charge in [0, 0.05) is 11.5 Å². The minimum atomic E-state index is 0.0657. The minimum absolute atomic E-state index is 0.0657. The normalized spacial score (nSPS) is 17.3. The van der Waals surface area contributed by atoms with Crippen LogP contribution in [0, 0.1) is 0 Å². The number of nitrogens with zero attached hydrogens (tertiary/aromatic N) is 1. The van der Waals surface area contributed by atoms with E-state index in [4.69, 9.17) is 15.7 Å². The fourth-order valence-corrected chi connectivity index (χ4v) is 4.32. The summed E-state index contributed by atoms with van der Waals surface area (Å²) in [5, 5.41) is 11.2. The van der Waals surface area contributed by atoms with Crippen LogP contribution in [0.15, 0.2) is 29.4 Å². The van der Waals surface area contributed by atoms with Crippen LogP contribution in [0.2, 0.25) is 0 Å². The maximum atomic E-state index is 8.38. The van der Waals surface area contributed by atoms with E-state index >= 15 is 0 Å². The first kappa shape index (κ1) is 12.4. The van der Waals surface area contributed by atoms with Crippen LogP contribution in [0.3, 0.4) is 0 Å². The summed E-state index contributed by atoms with van der Waals surface area (Å²) in [4.78, 5) is 0. The third-order valence-electron chi connectivity index (χ3n) is 2.29. The Hall–Kier alpha value is -1.01. The summed E-state index contributed by atoms with van der Waals surface area (Å²) in [6.07, 6.45) is 0. The van der Waals surface area contributed by atoms with Crippen molar-refractivity contribution in [1.82, 2.24) is 0 Å². The second-order valence-corrected chi connectivity index (χ2v) is 6.25. The van der Waals surface area contributed by atoms with Crippen molar-refractivity contribution in [2.45, 2.75) is 4.58 Å². The molecule has 0 aromatic heterocycles. The molecule has 0 amide bonds. The van der Waals surface area contributed by atoms with Crippen LogP contribution in [-0.2, 0) is 0 Å². The number of benzene rings is 1. The van der Waals surface area contributed by atoms with Gasteiger partial charge in [-0.25, -0.2) is 0 Å². The summed E-state index contributed by atoms with van der Waals surface area (Å²) in [6.45, 7) is 0.1000. The van der Waals surface area contributed by atoms with Crippen LogP contribution in [0.25, 0.3) is 0 Å². The topological polar surface area (TPSA) is 67.8 Å². The molecular weight excluding hydrogens is 256 g/mol. The van der Waals surface area contributed by atoms with Crippen molar-refractivity contribution < 1.29 is 9.94 Å². The van der Waals surface area contributed by atoms with Crippen LogP contribution in [0.5, 0.6) is 5.75 Å². The molecule has 4 nitrogen and oxygen atoms in total. The Morgan fingerprint density at radius 2 is 2.00 bits per heavy atom. The lowest BCUT2D eigenvalue weighted by Gasteiger charge is -2.09. The molecule has 92 valence electrons. The summed E-state index contributed by atoms with van der Waals surface area (Å²) in [6, 6.07) is 7.97. The molecule has 17 heavy (non-hydrogen) atoms. The Kier molecular flexibility index (Phi) is 4.44. The molecule has 1 saturated heterocycles. The fourth-order valence-electron chi connectivity index (χ4n) is 1.46. The molecule has 0 bridgehead atoms. The minimum Gasteiger partial charge on any atom is -0.486 e. The molecule has 0 saturated carbocycles. The van der Waals surface area contributed by atoms with Crippen molar-refractivity contribution >= 4 is 29.4 Å². The maximum absolute atomic E-state index is 8.38. The molecule has 1 aliphatic heterocycles. The third-order valence-corrected chi connectivity index (χ3v) is 5.39. The average molecular weight is 270 g/mol. The molecule has 0 aliphatic carbocycles. The zero-order valence-corrected chi connectivity index (χ0v) is 10.8. The van der Waals surface area contributed by atoms with Gasteiger partial charge in [-0.15, -0.1) is 23.5 Å². The highest BCUT2D eigenvalue weighted by Crippen LogP contribution is 2.45. The lowest BCUT2D eigenvalue weighted by Crippen LogP contribution is -2.20. The van der Waals surface area contributed by atoms with Crippen molar-refractivity contribution in [2.75, 3.05) is 18.1 Å². The van der Waals surface area contributed by atoms with Crippen molar-refractivity contribution in [1.29, 1.82) is 0 Å². The molecule has 1 aromatic carbocycles. The van der Waals surface area contributed by atoms with Crippen LogP contribution >= 0.6 is 23.5 Å². The SMILES string of the molecule is N/C(COc1ccc(C2SCCS2)cc1)=N\O. The zero-order valence-electron chi connectivity index (χ0n) is 9.20. The highest BCUT2D eigenvalue weighted by atomic mass is 32.2. The molecule has 6 heteroatoms. The van der Waals surface area contributed by atoms with Gasteiger partial charge in [-0.3, -0.25) is 0 Å². The molecule has 0 unspecified atom stereocenters. The number of hydrogen-bond acceptors (Lipinski definition) is 5. The van der Waals surface area contributed by atoms with Crippen LogP contribution in [0.4, 0.5) is 0 Å². The van der Waals surface area contributed by atoms with E-state index in [9.17, 15) is 0 Å². The Morgan fingerprint density at radius 3 is 2.59 bits per heavy atom. The van der Waals surface area contributed by atoms with E-state index in [1.807, 2.05) is 35.7 Å². The first-order chi connectivity index (χ1) is 8.29. The van der Waals surface area contributed by atoms with Gasteiger partial charge in [0.25, 0.3) is 0 Å². The van der Waals surface area contributed by atoms with E-state index in [0.29, 0.717) is 4.58 Å². The summed E-state index contributed by atoms with van der Waals surface area (Å²) in [5.41, 5.74) is 6.63. The summed E-state index contributed by atoms with van der Waals surface area (Å²) >= 11 is 3.95. The van der Waals surface area contributed by atoms with E-state index in [1.165, 1.54) is 17.1 Å². The Labute approximate surface area is 109 Å². The fraction of sp³-hybridized carbons (Fsp3) is 0.364. The number of oxime groups is 1. The van der Waals surface area contributed by atoms with E-state index < -0.39 is 0 Å². The van der Waals surface area contributed by atoms with Crippen LogP contribution < -0.4 is 10.5 Å². The van der Waals surface area contributed by atoms with Gasteiger partial charge in [-0.2, -0.15) is 0 Å². The van der Waals surface area contributed by atoms with E-state index in [1.54, 1.807) is 0 Å². The van der Waals surface area contributed by atoms with Gasteiger partial charge in [0.2, 0.25) is 0 Å². The van der Waals surface area contributed by atoms with Crippen molar-refractivity contribution in [3.05, 3.63) is 29.8 Å². The van der Waals surface area contributed by atoms with E-state index in [0.717, 1.165) is 5.75 Å². The second-order valence-electron chi connectivity index (χ2n) is 3.52. The molecular formula is C11H14N2O2S2. The number of thioether (sulfide) groups is 2. The Morgan fingerprint density at radius 1 is 1.35 bits per heavy atom. The third kappa shape index (κ3) is 3.47. The summed E-state index contributed by atoms with van der Waals surface area (Å²) in [7, 11) is 0. The summed E-state index contributed by atoms with van der Waals surface area (Å²) in [5.74, 6) is 3.23. The van der Waals surface area contributed by atoms with Gasteiger partial charge >= 0.3 is 0 Å². The van der Waals surface area contributed by atoms with Crippen LogP contribution in [-0.4, -0.2) is 29.2 Å². The van der Waals surface area contributed by atoms with Crippen molar-refractivity contribution in [3.63, 3.8) is 0 Å². The molecule has 3 N–H and O–H groups in total. The van der Waals surface area contributed by atoms with Gasteiger partial charge in [0.1, 0.15) is 12.4 Å². The number of hydrogen-bond donors (Lipinski definition) is 2. The highest BCUT2D eigenvalue weighted by molar-refractivity contribution is 8.19. The average Bonchev–Trinajstić information content (AvgIpc) is 2.90. The molecule has 0 radical (unpaired) electrons. The smallest absolute Gasteiger partial charge is 0.177 e. The highest BCUT2D eigenvalue weighted by Gasteiger charge is 2.17. The van der Waals surface area contributed by atoms with Crippen LogP contribution in [0.1, 0.15) is 10.1 Å². The molecule has 1 aliphatic rings. The summed E-state index contributed by atoms with van der Waals surface area (Å²) < 4.78 is 5.90. The van der Waals surface area contributed by atoms with E-state index in [2.05, 4.69) is 17.3 Å². The van der Waals surface area contributed by atoms with Crippen molar-refractivity contribution in [3.8, 4) is 5.75 Å². The first-order valence-corrected chi connectivity index (χ1v) is 7.31. The second kappa shape index (κ2) is 6.07. The van der Waals surface area contributed by atoms with Gasteiger partial charge in [0.15, 0.2) is 5.84 Å². The molecule has 0 atom stereocenters. The van der Waals surface area contributed by atoms with E-state index in [-0.39, 0.29) is 12.4 Å². The zero-order chi connectivity index (χ0) is 12.1. The maximum Gasteiger partial charge on any atom is 0.177 e. The Balaban J connectivity index is 1.93. The van der Waals surface area contributed by atoms with Gasteiger partial charge in [0.05, 0.1) is 4.58 Å². The lowest BCUT2D eigenvalue weighted by molar-refractivity contribution is 0.306. The standard InChI is InChI=1S/C11H14N2O2S2/c12-10(13-14)7-15-9-3-1-8(2-4-9)11-16-5-6-17-11/h1-4,11,14H,5-7H2,(H2,12,13). The van der Waals surface area contributed by atoms with Gasteiger partial charge in [-0.1, -0.05) is 17.3 Å². The molecule has 2 rings (SSSR count). The number of rotatable bonds is 4. The lowest BCUT2D eigenvalue weighted by atomic mass is 10.2. The predicted octanol–water partition coefficient (Wildman–Crippen LogP) is 2.29. The Bertz CT molecular complexity index is 389. The number of ether oxygens (including phenoxy) is 1. The predicted molar refractivity (Wildman–Crippen MR) is 73.0 cm³/mol. The molecule has 1 fully saturated rings.